The number of fused-ring (bicyclic) bond motifs is 2. The molecular formula is C33H39N3O5. The molecule has 3 N–H and O–H groups in total. The van der Waals surface area contributed by atoms with Gasteiger partial charge in [0.2, 0.25) is 11.8 Å². The number of carbonyl (C=O) groups is 3. The third-order valence-electron chi connectivity index (χ3n) is 8.39. The molecule has 41 heavy (non-hydrogen) atoms. The molecule has 2 amide bonds. The molecule has 0 saturated carbocycles. The molecule has 0 aliphatic carbocycles. The van der Waals surface area contributed by atoms with Crippen LogP contribution in [0.1, 0.15) is 63.1 Å². The van der Waals surface area contributed by atoms with Crippen LogP contribution in [0.4, 0.5) is 0 Å². The average molecular weight is 558 g/mol. The number of carboxylic acids is 1. The van der Waals surface area contributed by atoms with E-state index >= 15 is 0 Å². The number of nitrogens with one attached hydrogen (secondary N) is 2. The SMILES string of the molecule is CCCC/C=C/CCN1C(=O)C2C(c3ccc(OCCC)cc3)NC(Cc3c[nH]c4ccccc34)(C(=O)O)C2C1=O. The van der Waals surface area contributed by atoms with Crippen molar-refractivity contribution < 1.29 is 24.2 Å². The van der Waals surface area contributed by atoms with Crippen LogP contribution in [0.2, 0.25) is 0 Å². The van der Waals surface area contributed by atoms with Crippen molar-refractivity contribution in [1.29, 1.82) is 0 Å². The molecule has 2 aromatic carbocycles. The molecule has 0 spiro atoms. The Kier molecular flexibility index (Phi) is 8.59. The van der Waals surface area contributed by atoms with Crippen LogP contribution in [-0.2, 0) is 20.8 Å². The number of para-hydroxylation sites is 1. The molecule has 4 atom stereocenters. The van der Waals surface area contributed by atoms with Crippen molar-refractivity contribution >= 4 is 28.7 Å². The summed E-state index contributed by atoms with van der Waals surface area (Å²) in [5, 5.41) is 15.0. The highest BCUT2D eigenvalue weighted by atomic mass is 16.5. The van der Waals surface area contributed by atoms with E-state index in [1.54, 1.807) is 6.20 Å². The van der Waals surface area contributed by atoms with Gasteiger partial charge < -0.3 is 14.8 Å². The van der Waals surface area contributed by atoms with Crippen LogP contribution >= 0.6 is 0 Å². The zero-order valence-electron chi connectivity index (χ0n) is 23.8. The lowest BCUT2D eigenvalue weighted by atomic mass is 9.76. The zero-order chi connectivity index (χ0) is 29.0. The fraction of sp³-hybridized carbons (Fsp3) is 0.424. The fourth-order valence-corrected chi connectivity index (χ4v) is 6.34. The first kappa shape index (κ1) is 28.6. The molecule has 1 aromatic heterocycles. The highest BCUT2D eigenvalue weighted by Gasteiger charge is 2.68. The van der Waals surface area contributed by atoms with E-state index in [9.17, 15) is 19.5 Å². The maximum absolute atomic E-state index is 14.0. The van der Waals surface area contributed by atoms with Gasteiger partial charge in [-0.05, 0) is 48.6 Å². The number of nitrogens with zero attached hydrogens (tertiary/aromatic N) is 1. The molecule has 2 saturated heterocycles. The number of carbonyl (C=O) groups excluding carboxylic acids is 2. The molecule has 8 nitrogen and oxygen atoms in total. The van der Waals surface area contributed by atoms with E-state index in [0.717, 1.165) is 47.7 Å². The minimum Gasteiger partial charge on any atom is -0.494 e. The second-order valence-electron chi connectivity index (χ2n) is 11.1. The van der Waals surface area contributed by atoms with Crippen molar-refractivity contribution in [3.63, 3.8) is 0 Å². The molecule has 8 heteroatoms. The summed E-state index contributed by atoms with van der Waals surface area (Å²) >= 11 is 0. The van der Waals surface area contributed by atoms with Crippen LogP contribution < -0.4 is 10.1 Å². The summed E-state index contributed by atoms with van der Waals surface area (Å²) in [6.07, 6.45) is 10.5. The lowest BCUT2D eigenvalue weighted by molar-refractivity contribution is -0.151. The number of unbranched alkanes of at least 4 members (excludes halogenated alkanes) is 2. The van der Waals surface area contributed by atoms with Crippen molar-refractivity contribution in [1.82, 2.24) is 15.2 Å². The Morgan fingerprint density at radius 2 is 1.78 bits per heavy atom. The van der Waals surface area contributed by atoms with Gasteiger partial charge in [0.25, 0.3) is 0 Å². The molecule has 2 aliphatic rings. The Morgan fingerprint density at radius 1 is 1.02 bits per heavy atom. The Morgan fingerprint density at radius 3 is 2.51 bits per heavy atom. The van der Waals surface area contributed by atoms with Gasteiger partial charge in [0.15, 0.2) is 0 Å². The molecule has 2 aliphatic heterocycles. The highest BCUT2D eigenvalue weighted by molar-refractivity contribution is 6.09. The molecule has 0 bridgehead atoms. The number of aliphatic carboxylic acids is 1. The zero-order valence-corrected chi connectivity index (χ0v) is 23.8. The summed E-state index contributed by atoms with van der Waals surface area (Å²) in [7, 11) is 0. The maximum atomic E-state index is 14.0. The van der Waals surface area contributed by atoms with Crippen molar-refractivity contribution in [2.75, 3.05) is 13.2 Å². The summed E-state index contributed by atoms with van der Waals surface area (Å²) < 4.78 is 5.73. The number of hydrogen-bond acceptors (Lipinski definition) is 5. The lowest BCUT2D eigenvalue weighted by Crippen LogP contribution is -2.57. The summed E-state index contributed by atoms with van der Waals surface area (Å²) in [5.41, 5.74) is 0.780. The maximum Gasteiger partial charge on any atom is 0.325 e. The monoisotopic (exact) mass is 557 g/mol. The summed E-state index contributed by atoms with van der Waals surface area (Å²) in [4.78, 5) is 45.6. The number of carboxylic acid groups (broad SMARTS) is 1. The van der Waals surface area contributed by atoms with E-state index in [4.69, 9.17) is 4.74 Å². The number of aromatic amines is 1. The van der Waals surface area contributed by atoms with Gasteiger partial charge in [-0.25, -0.2) is 0 Å². The predicted molar refractivity (Wildman–Crippen MR) is 157 cm³/mol. The number of likely N-dealkylation sites (tertiary alicyclic amines) is 1. The number of rotatable bonds is 13. The second kappa shape index (κ2) is 12.3. The third kappa shape index (κ3) is 5.40. The number of hydrogen-bond donors (Lipinski definition) is 3. The number of amides is 2. The fourth-order valence-electron chi connectivity index (χ4n) is 6.34. The second-order valence-corrected chi connectivity index (χ2v) is 11.1. The minimum atomic E-state index is -1.66. The first-order valence-corrected chi connectivity index (χ1v) is 14.7. The minimum absolute atomic E-state index is 0.0610. The first-order chi connectivity index (χ1) is 19.9. The molecule has 3 aromatic rings. The number of aromatic nitrogens is 1. The van der Waals surface area contributed by atoms with Crippen LogP contribution in [0.15, 0.2) is 66.9 Å². The number of benzene rings is 2. The number of ether oxygens (including phenoxy) is 1. The van der Waals surface area contributed by atoms with Crippen LogP contribution in [0.5, 0.6) is 5.75 Å². The van der Waals surface area contributed by atoms with Crippen LogP contribution in [-0.4, -0.2) is 51.5 Å². The quantitative estimate of drug-likeness (QED) is 0.147. The van der Waals surface area contributed by atoms with E-state index in [1.807, 2.05) is 61.5 Å². The van der Waals surface area contributed by atoms with E-state index < -0.39 is 35.3 Å². The molecular weight excluding hydrogens is 518 g/mol. The van der Waals surface area contributed by atoms with E-state index in [2.05, 4.69) is 23.3 Å². The standard InChI is InChI=1S/C33H39N3O5/c1-3-5-6-7-8-11-18-36-30(37)27-28(31(36)38)33(32(39)40,20-23-21-34-26-13-10-9-12-25(23)26)35-29(27)22-14-16-24(17-15-22)41-19-4-2/h7-10,12-17,21,27-29,34-35H,3-6,11,18-20H2,1-2H3,(H,39,40)/b8-7+. The number of allylic oxidation sites excluding steroid dienone is 1. The van der Waals surface area contributed by atoms with Crippen molar-refractivity contribution in [3.8, 4) is 5.75 Å². The topological polar surface area (TPSA) is 112 Å². The van der Waals surface area contributed by atoms with Gasteiger partial charge in [0.1, 0.15) is 11.3 Å². The average Bonchev–Trinajstić information content (AvgIpc) is 3.62. The van der Waals surface area contributed by atoms with Gasteiger partial charge in [0, 0.05) is 36.1 Å². The Balaban J connectivity index is 1.50. The molecule has 216 valence electrons. The Bertz CT molecular complexity index is 1430. The molecule has 4 unspecified atom stereocenters. The van der Waals surface area contributed by atoms with Crippen molar-refractivity contribution in [3.05, 3.63) is 78.0 Å². The highest BCUT2D eigenvalue weighted by Crippen LogP contribution is 2.50. The van der Waals surface area contributed by atoms with E-state index in [-0.39, 0.29) is 18.9 Å². The van der Waals surface area contributed by atoms with Gasteiger partial charge in [-0.1, -0.05) is 69.2 Å². The van der Waals surface area contributed by atoms with Gasteiger partial charge >= 0.3 is 5.97 Å². The smallest absolute Gasteiger partial charge is 0.325 e. The molecule has 3 heterocycles. The summed E-state index contributed by atoms with van der Waals surface area (Å²) in [5.74, 6) is -3.01. The van der Waals surface area contributed by atoms with Crippen LogP contribution in [0.25, 0.3) is 10.9 Å². The molecule has 5 rings (SSSR count). The Hall–Kier alpha value is -3.91. The number of imide groups is 1. The van der Waals surface area contributed by atoms with Gasteiger partial charge in [-0.15, -0.1) is 0 Å². The Labute approximate surface area is 240 Å². The molecule has 2 fully saturated rings. The van der Waals surface area contributed by atoms with Gasteiger partial charge in [0.05, 0.1) is 18.4 Å². The largest absolute Gasteiger partial charge is 0.494 e. The van der Waals surface area contributed by atoms with Gasteiger partial charge in [-0.2, -0.15) is 0 Å². The predicted octanol–water partition coefficient (Wildman–Crippen LogP) is 5.40. The summed E-state index contributed by atoms with van der Waals surface area (Å²) in [6, 6.07) is 14.4. The van der Waals surface area contributed by atoms with E-state index in [1.165, 1.54) is 4.90 Å². The first-order valence-electron chi connectivity index (χ1n) is 14.7. The third-order valence-corrected chi connectivity index (χ3v) is 8.39. The van der Waals surface area contributed by atoms with Gasteiger partial charge in [-0.3, -0.25) is 24.6 Å². The van der Waals surface area contributed by atoms with Crippen molar-refractivity contribution in [2.24, 2.45) is 11.8 Å². The van der Waals surface area contributed by atoms with E-state index in [0.29, 0.717) is 18.8 Å². The van der Waals surface area contributed by atoms with Crippen LogP contribution in [0.3, 0.4) is 0 Å². The van der Waals surface area contributed by atoms with Crippen LogP contribution in [0, 0.1) is 11.8 Å². The summed E-state index contributed by atoms with van der Waals surface area (Å²) in [6.45, 7) is 5.00. The lowest BCUT2D eigenvalue weighted by Gasteiger charge is -2.31. The molecule has 0 radical (unpaired) electrons. The number of H-pyrrole nitrogens is 1. The normalized spacial score (nSPS) is 24.0. The van der Waals surface area contributed by atoms with Crippen molar-refractivity contribution in [2.45, 2.75) is 64.0 Å².